The topological polar surface area (TPSA) is 29.5 Å². The number of ether oxygens (including phenoxy) is 1. The van der Waals surface area contributed by atoms with E-state index in [0.717, 1.165) is 32.3 Å². The van der Waals surface area contributed by atoms with Gasteiger partial charge in [0.2, 0.25) is 0 Å². The summed E-state index contributed by atoms with van der Waals surface area (Å²) in [5, 5.41) is 9.25. The van der Waals surface area contributed by atoms with Crippen molar-refractivity contribution in [2.24, 2.45) is 5.41 Å². The van der Waals surface area contributed by atoms with E-state index in [1.54, 1.807) is 0 Å². The van der Waals surface area contributed by atoms with Gasteiger partial charge in [-0.05, 0) is 25.7 Å². The molecule has 0 unspecified atom stereocenters. The maximum atomic E-state index is 9.25. The summed E-state index contributed by atoms with van der Waals surface area (Å²) in [6, 6.07) is 0. The van der Waals surface area contributed by atoms with Crippen LogP contribution in [0, 0.1) is 5.41 Å². The summed E-state index contributed by atoms with van der Waals surface area (Å²) in [6.07, 6.45) is 7.52. The molecule has 1 aliphatic rings. The monoisotopic (exact) mass is 198 g/mol. The molecule has 0 aliphatic heterocycles. The first-order valence-corrected chi connectivity index (χ1v) is 5.59. The Morgan fingerprint density at radius 1 is 1.57 bits per heavy atom. The number of aliphatic hydroxyl groups is 1. The Balaban J connectivity index is 2.16. The highest BCUT2D eigenvalue weighted by Gasteiger charge is 2.43. The number of aliphatic hydroxyl groups excluding tert-OH is 1. The van der Waals surface area contributed by atoms with Crippen LogP contribution in [0.25, 0.3) is 0 Å². The smallest absolute Gasteiger partial charge is 0.0587 e. The molecule has 82 valence electrons. The first-order valence-electron chi connectivity index (χ1n) is 5.59. The van der Waals surface area contributed by atoms with Gasteiger partial charge in [-0.1, -0.05) is 19.4 Å². The summed E-state index contributed by atoms with van der Waals surface area (Å²) in [7, 11) is 0. The molecule has 14 heavy (non-hydrogen) atoms. The molecule has 0 heterocycles. The summed E-state index contributed by atoms with van der Waals surface area (Å²) >= 11 is 0. The highest BCUT2D eigenvalue weighted by Crippen LogP contribution is 2.45. The van der Waals surface area contributed by atoms with Crippen molar-refractivity contribution in [3.05, 3.63) is 12.7 Å². The number of unbranched alkanes of at least 4 members (excludes halogenated alkanes) is 1. The molecule has 0 radical (unpaired) electrons. The molecule has 2 nitrogen and oxygen atoms in total. The third-order valence-electron chi connectivity index (χ3n) is 3.09. The molecule has 1 aliphatic carbocycles. The van der Waals surface area contributed by atoms with E-state index >= 15 is 0 Å². The third-order valence-corrected chi connectivity index (χ3v) is 3.09. The zero-order valence-corrected chi connectivity index (χ0v) is 9.17. The van der Waals surface area contributed by atoms with Gasteiger partial charge in [0.15, 0.2) is 0 Å². The predicted molar refractivity (Wildman–Crippen MR) is 58.2 cm³/mol. The van der Waals surface area contributed by atoms with Crippen LogP contribution in [-0.4, -0.2) is 24.4 Å². The van der Waals surface area contributed by atoms with Crippen molar-refractivity contribution < 1.29 is 9.84 Å². The SMILES string of the molecule is C=CCC1(CO)CC(OCCCC)C1. The normalized spacial score (nSPS) is 31.1. The van der Waals surface area contributed by atoms with Gasteiger partial charge in [-0.15, -0.1) is 6.58 Å². The van der Waals surface area contributed by atoms with Crippen LogP contribution >= 0.6 is 0 Å². The molecule has 0 aromatic heterocycles. The van der Waals surface area contributed by atoms with Crippen LogP contribution in [0.1, 0.15) is 39.0 Å². The quantitative estimate of drug-likeness (QED) is 0.503. The fourth-order valence-electron chi connectivity index (χ4n) is 2.08. The molecule has 2 heteroatoms. The van der Waals surface area contributed by atoms with Crippen LogP contribution in [0.2, 0.25) is 0 Å². The van der Waals surface area contributed by atoms with Crippen molar-refractivity contribution in [1.82, 2.24) is 0 Å². The Labute approximate surface area is 87.0 Å². The number of hydrogen-bond acceptors (Lipinski definition) is 2. The van der Waals surface area contributed by atoms with Gasteiger partial charge in [0.05, 0.1) is 6.10 Å². The second-order valence-electron chi connectivity index (χ2n) is 4.41. The van der Waals surface area contributed by atoms with Crippen molar-refractivity contribution in [3.8, 4) is 0 Å². The second-order valence-corrected chi connectivity index (χ2v) is 4.41. The fraction of sp³-hybridized carbons (Fsp3) is 0.833. The maximum Gasteiger partial charge on any atom is 0.0587 e. The molecule has 0 bridgehead atoms. The second kappa shape index (κ2) is 5.52. The summed E-state index contributed by atoms with van der Waals surface area (Å²) in [5.41, 5.74) is 0.0959. The maximum absolute atomic E-state index is 9.25. The van der Waals surface area contributed by atoms with Gasteiger partial charge in [0.1, 0.15) is 0 Å². The largest absolute Gasteiger partial charge is 0.396 e. The summed E-state index contributed by atoms with van der Waals surface area (Å²) in [4.78, 5) is 0. The number of hydrogen-bond donors (Lipinski definition) is 1. The van der Waals surface area contributed by atoms with Crippen LogP contribution in [0.3, 0.4) is 0 Å². The molecule has 0 aromatic rings. The zero-order valence-electron chi connectivity index (χ0n) is 9.17. The van der Waals surface area contributed by atoms with Crippen LogP contribution < -0.4 is 0 Å². The van der Waals surface area contributed by atoms with Crippen molar-refractivity contribution >= 4 is 0 Å². The van der Waals surface area contributed by atoms with E-state index in [0.29, 0.717) is 6.10 Å². The average Bonchev–Trinajstić information content (AvgIpc) is 2.14. The van der Waals surface area contributed by atoms with Gasteiger partial charge >= 0.3 is 0 Å². The van der Waals surface area contributed by atoms with Gasteiger partial charge in [0.25, 0.3) is 0 Å². The van der Waals surface area contributed by atoms with Crippen molar-refractivity contribution in [1.29, 1.82) is 0 Å². The summed E-state index contributed by atoms with van der Waals surface area (Å²) in [5.74, 6) is 0. The fourth-order valence-corrected chi connectivity index (χ4v) is 2.08. The molecule has 1 N–H and O–H groups in total. The lowest BCUT2D eigenvalue weighted by molar-refractivity contribution is -0.101. The van der Waals surface area contributed by atoms with Gasteiger partial charge in [-0.2, -0.15) is 0 Å². The van der Waals surface area contributed by atoms with E-state index < -0.39 is 0 Å². The summed E-state index contributed by atoms with van der Waals surface area (Å²) in [6.45, 7) is 7.03. The lowest BCUT2D eigenvalue weighted by Gasteiger charge is -2.46. The van der Waals surface area contributed by atoms with Gasteiger partial charge in [-0.3, -0.25) is 0 Å². The molecule has 0 aromatic carbocycles. The molecule has 1 saturated carbocycles. The number of rotatable bonds is 7. The predicted octanol–water partition coefficient (Wildman–Crippen LogP) is 2.52. The van der Waals surface area contributed by atoms with E-state index in [2.05, 4.69) is 13.5 Å². The van der Waals surface area contributed by atoms with Crippen molar-refractivity contribution in [2.45, 2.75) is 45.1 Å². The Morgan fingerprint density at radius 2 is 2.29 bits per heavy atom. The molecule has 0 atom stereocenters. The molecular formula is C12H22O2. The standard InChI is InChI=1S/C12H22O2/c1-3-5-7-14-11-8-12(9-11,10-13)6-4-2/h4,11,13H,2-3,5-10H2,1H3. The molecule has 0 spiro atoms. The molecule has 1 rings (SSSR count). The van der Waals surface area contributed by atoms with Crippen LogP contribution in [0.15, 0.2) is 12.7 Å². The summed E-state index contributed by atoms with van der Waals surface area (Å²) < 4.78 is 5.68. The average molecular weight is 198 g/mol. The van der Waals surface area contributed by atoms with E-state index in [4.69, 9.17) is 4.74 Å². The highest BCUT2D eigenvalue weighted by molar-refractivity contribution is 4.98. The molecule has 0 saturated heterocycles. The van der Waals surface area contributed by atoms with Gasteiger partial charge in [-0.25, -0.2) is 0 Å². The first-order chi connectivity index (χ1) is 6.76. The van der Waals surface area contributed by atoms with Crippen LogP contribution in [0.4, 0.5) is 0 Å². The number of allylic oxidation sites excluding steroid dienone is 1. The van der Waals surface area contributed by atoms with E-state index in [1.807, 2.05) is 6.08 Å². The van der Waals surface area contributed by atoms with Crippen LogP contribution in [-0.2, 0) is 4.74 Å². The Bertz CT molecular complexity index is 171. The van der Waals surface area contributed by atoms with E-state index in [1.165, 1.54) is 6.42 Å². The van der Waals surface area contributed by atoms with Gasteiger partial charge in [0, 0.05) is 18.6 Å². The highest BCUT2D eigenvalue weighted by atomic mass is 16.5. The third kappa shape index (κ3) is 2.82. The first kappa shape index (κ1) is 11.7. The Kier molecular flexibility index (Phi) is 4.63. The Hall–Kier alpha value is -0.340. The van der Waals surface area contributed by atoms with E-state index in [9.17, 15) is 5.11 Å². The van der Waals surface area contributed by atoms with Gasteiger partial charge < -0.3 is 9.84 Å². The lowest BCUT2D eigenvalue weighted by Crippen LogP contribution is -2.44. The molecule has 1 fully saturated rings. The molecular weight excluding hydrogens is 176 g/mol. The van der Waals surface area contributed by atoms with Crippen LogP contribution in [0.5, 0.6) is 0 Å². The zero-order chi connectivity index (χ0) is 10.4. The minimum atomic E-state index is 0.0959. The molecule has 0 amide bonds. The van der Waals surface area contributed by atoms with Crippen molar-refractivity contribution in [2.75, 3.05) is 13.2 Å². The minimum Gasteiger partial charge on any atom is -0.396 e. The Morgan fingerprint density at radius 3 is 2.79 bits per heavy atom. The van der Waals surface area contributed by atoms with Crippen molar-refractivity contribution in [3.63, 3.8) is 0 Å². The van der Waals surface area contributed by atoms with E-state index in [-0.39, 0.29) is 12.0 Å². The lowest BCUT2D eigenvalue weighted by atomic mass is 9.65. The minimum absolute atomic E-state index is 0.0959.